The van der Waals surface area contributed by atoms with Gasteiger partial charge in [0.2, 0.25) is 0 Å². The zero-order valence-electron chi connectivity index (χ0n) is 37.1. The largest absolute Gasteiger partial charge is 0.309 e. The number of hydrogen-bond donors (Lipinski definition) is 0. The highest BCUT2D eigenvalue weighted by Gasteiger charge is 2.43. The molecule has 3 aliphatic carbocycles. The summed E-state index contributed by atoms with van der Waals surface area (Å²) in [6.07, 6.45) is 6.47. The van der Waals surface area contributed by atoms with E-state index in [2.05, 4.69) is 226 Å². The van der Waals surface area contributed by atoms with Crippen molar-refractivity contribution in [3.8, 4) is 44.5 Å². The Morgan fingerprint density at radius 2 is 1.03 bits per heavy atom. The molecule has 0 bridgehead atoms. The summed E-state index contributed by atoms with van der Waals surface area (Å²) in [5.74, 6) is 0.575. The maximum absolute atomic E-state index is 2.59. The van der Waals surface area contributed by atoms with Gasteiger partial charge in [0.1, 0.15) is 0 Å². The number of anilines is 3. The summed E-state index contributed by atoms with van der Waals surface area (Å²) in [4.78, 5) is 2.59. The zero-order valence-corrected chi connectivity index (χ0v) is 37.1. The van der Waals surface area contributed by atoms with E-state index < -0.39 is 0 Å². The van der Waals surface area contributed by atoms with Crippen LogP contribution in [-0.2, 0) is 10.8 Å². The van der Waals surface area contributed by atoms with Crippen molar-refractivity contribution in [1.82, 2.24) is 0 Å². The number of fused-ring (bicyclic) bond motifs is 7. The fraction of sp³-hybridized carbons (Fsp3) is 0.175. The van der Waals surface area contributed by atoms with Crippen LogP contribution in [0.15, 0.2) is 200 Å². The Kier molecular flexibility index (Phi) is 9.13. The molecule has 9 aromatic carbocycles. The van der Waals surface area contributed by atoms with Crippen molar-refractivity contribution in [3.63, 3.8) is 0 Å². The fourth-order valence-corrected chi connectivity index (χ4v) is 12.3. The van der Waals surface area contributed by atoms with Gasteiger partial charge in [-0.1, -0.05) is 209 Å². The zero-order chi connectivity index (χ0) is 43.0. The topological polar surface area (TPSA) is 3.24 Å². The van der Waals surface area contributed by atoms with Gasteiger partial charge in [0.05, 0.1) is 11.4 Å². The lowest BCUT2D eigenvalue weighted by Gasteiger charge is -2.32. The molecule has 310 valence electrons. The Morgan fingerprint density at radius 1 is 0.438 bits per heavy atom. The Morgan fingerprint density at radius 3 is 1.86 bits per heavy atom. The van der Waals surface area contributed by atoms with E-state index in [4.69, 9.17) is 0 Å². The van der Waals surface area contributed by atoms with Crippen LogP contribution in [-0.4, -0.2) is 0 Å². The van der Waals surface area contributed by atoms with Gasteiger partial charge < -0.3 is 4.90 Å². The van der Waals surface area contributed by atoms with E-state index in [0.717, 1.165) is 5.69 Å². The summed E-state index contributed by atoms with van der Waals surface area (Å²) in [5.41, 5.74) is 21.7. The first kappa shape index (κ1) is 38.7. The van der Waals surface area contributed by atoms with Crippen molar-refractivity contribution < 1.29 is 0 Å². The molecule has 0 saturated heterocycles. The molecule has 3 aliphatic rings. The number of rotatable bonds is 7. The normalized spacial score (nSPS) is 17.1. The van der Waals surface area contributed by atoms with Gasteiger partial charge in [0, 0.05) is 27.6 Å². The van der Waals surface area contributed by atoms with Crippen LogP contribution in [0.4, 0.5) is 17.1 Å². The fourth-order valence-electron chi connectivity index (χ4n) is 12.3. The Bertz CT molecular complexity index is 3250. The highest BCUT2D eigenvalue weighted by Crippen LogP contribution is 2.58. The van der Waals surface area contributed by atoms with Crippen LogP contribution in [0.1, 0.15) is 92.2 Å². The van der Waals surface area contributed by atoms with Crippen molar-refractivity contribution in [2.45, 2.75) is 69.6 Å². The molecule has 64 heavy (non-hydrogen) atoms. The minimum atomic E-state index is -0.327. The van der Waals surface area contributed by atoms with Gasteiger partial charge in [-0.15, -0.1) is 0 Å². The Balaban J connectivity index is 1.12. The maximum atomic E-state index is 2.59. The summed E-state index contributed by atoms with van der Waals surface area (Å²) >= 11 is 0. The van der Waals surface area contributed by atoms with Crippen LogP contribution in [0.2, 0.25) is 0 Å². The van der Waals surface area contributed by atoms with E-state index in [-0.39, 0.29) is 10.8 Å². The molecular weight excluding hydrogens is 771 g/mol. The molecule has 1 saturated carbocycles. The molecule has 1 fully saturated rings. The van der Waals surface area contributed by atoms with Gasteiger partial charge >= 0.3 is 0 Å². The average molecular weight is 824 g/mol. The lowest BCUT2D eigenvalue weighted by Crippen LogP contribution is -2.22. The molecule has 1 unspecified atom stereocenters. The highest BCUT2D eigenvalue weighted by atomic mass is 15.1. The first-order chi connectivity index (χ1) is 31.4. The van der Waals surface area contributed by atoms with E-state index in [9.17, 15) is 0 Å². The third-order valence-corrected chi connectivity index (χ3v) is 15.3. The molecule has 0 aromatic heterocycles. The predicted octanol–water partition coefficient (Wildman–Crippen LogP) is 17.3. The van der Waals surface area contributed by atoms with Crippen molar-refractivity contribution in [2.24, 2.45) is 0 Å². The molecule has 12 rings (SSSR count). The monoisotopic (exact) mass is 823 g/mol. The molecule has 1 atom stereocenters. The summed E-state index contributed by atoms with van der Waals surface area (Å²) in [6, 6.07) is 75.7. The molecule has 1 heteroatoms. The van der Waals surface area contributed by atoms with Gasteiger partial charge in [-0.3, -0.25) is 0 Å². The molecule has 9 aromatic rings. The van der Waals surface area contributed by atoms with E-state index in [1.54, 1.807) is 0 Å². The average Bonchev–Trinajstić information content (AvgIpc) is 3.76. The molecule has 0 radical (unpaired) electrons. The molecule has 0 N–H and O–H groups in total. The predicted molar refractivity (Wildman–Crippen MR) is 270 cm³/mol. The summed E-state index contributed by atoms with van der Waals surface area (Å²) in [6.45, 7) is 7.22. The van der Waals surface area contributed by atoms with Crippen molar-refractivity contribution in [1.29, 1.82) is 0 Å². The van der Waals surface area contributed by atoms with Gasteiger partial charge in [-0.2, -0.15) is 0 Å². The summed E-state index contributed by atoms with van der Waals surface area (Å²) in [5, 5.41) is 2.72. The Hall–Kier alpha value is -6.96. The third kappa shape index (κ3) is 5.83. The SMILES string of the molecule is CC1(C)c2ccccc2-c2cccc(-c3cccc(N(c4ccccc4-c4cccc5cccc(C6CCCCC6)c45)c4cccc5c4-c4ccccc4C5(C)c4ccccc4)c3)c21. The van der Waals surface area contributed by atoms with Crippen LogP contribution in [0, 0.1) is 0 Å². The van der Waals surface area contributed by atoms with Crippen LogP contribution >= 0.6 is 0 Å². The number of benzene rings is 9. The minimum absolute atomic E-state index is 0.138. The van der Waals surface area contributed by atoms with E-state index in [1.807, 2.05) is 0 Å². The van der Waals surface area contributed by atoms with E-state index in [1.165, 1.54) is 132 Å². The number of para-hydroxylation sites is 1. The summed E-state index contributed by atoms with van der Waals surface area (Å²) < 4.78 is 0. The van der Waals surface area contributed by atoms with E-state index >= 15 is 0 Å². The van der Waals surface area contributed by atoms with Crippen LogP contribution in [0.5, 0.6) is 0 Å². The summed E-state index contributed by atoms with van der Waals surface area (Å²) in [7, 11) is 0. The van der Waals surface area contributed by atoms with Crippen LogP contribution in [0.25, 0.3) is 55.3 Å². The number of hydrogen-bond acceptors (Lipinski definition) is 1. The minimum Gasteiger partial charge on any atom is -0.309 e. The van der Waals surface area contributed by atoms with Gasteiger partial charge in [-0.25, -0.2) is 0 Å². The van der Waals surface area contributed by atoms with Gasteiger partial charge in [-0.05, 0) is 127 Å². The molecule has 0 aliphatic heterocycles. The maximum Gasteiger partial charge on any atom is 0.0543 e. The molecule has 1 nitrogen and oxygen atoms in total. The van der Waals surface area contributed by atoms with Gasteiger partial charge in [0.15, 0.2) is 0 Å². The molecule has 0 amide bonds. The number of nitrogens with zero attached hydrogens (tertiary/aromatic N) is 1. The van der Waals surface area contributed by atoms with Crippen LogP contribution in [0.3, 0.4) is 0 Å². The standard InChI is InChI=1S/C63H53N/c1-62(2)54-36-13-10-29-49(54)52-35-19-33-48(61(52)62)44-25-16-28-46(41-44)64(58-40-20-38-56-60(58)53-31-11-14-37-55(53)63(56,3)45-26-8-5-9-27-45)57-39-15-12-30-50(57)51-34-18-24-43-23-17-32-47(59(43)51)42-21-6-4-7-22-42/h5,8-20,23-42H,4,6-7,21-22H2,1-3H3. The lowest BCUT2D eigenvalue weighted by atomic mass is 9.74. The van der Waals surface area contributed by atoms with Crippen molar-refractivity contribution >= 4 is 27.8 Å². The van der Waals surface area contributed by atoms with Crippen molar-refractivity contribution in [3.05, 3.63) is 234 Å². The first-order valence-electron chi connectivity index (χ1n) is 23.5. The highest BCUT2D eigenvalue weighted by molar-refractivity contribution is 6.05. The second-order valence-electron chi connectivity index (χ2n) is 19.1. The van der Waals surface area contributed by atoms with Gasteiger partial charge in [0.25, 0.3) is 0 Å². The van der Waals surface area contributed by atoms with E-state index in [0.29, 0.717) is 5.92 Å². The lowest BCUT2D eigenvalue weighted by molar-refractivity contribution is 0.445. The second kappa shape index (κ2) is 15.1. The third-order valence-electron chi connectivity index (χ3n) is 15.3. The first-order valence-corrected chi connectivity index (χ1v) is 23.5. The second-order valence-corrected chi connectivity index (χ2v) is 19.1. The molecule has 0 spiro atoms. The molecular formula is C63H53N. The quantitative estimate of drug-likeness (QED) is 0.155. The smallest absolute Gasteiger partial charge is 0.0543 e. The van der Waals surface area contributed by atoms with Crippen molar-refractivity contribution in [2.75, 3.05) is 4.90 Å². The molecule has 0 heterocycles. The van der Waals surface area contributed by atoms with Crippen LogP contribution < -0.4 is 4.90 Å². The Labute approximate surface area is 378 Å².